The molecule has 0 atom stereocenters. The number of carbonyl (C=O) groups excluding carboxylic acids is 1. The smallest absolute Gasteiger partial charge is 0.274 e. The first kappa shape index (κ1) is 13.4. The van der Waals surface area contributed by atoms with Crippen LogP contribution < -0.4 is 5.32 Å². The fraction of sp³-hybridized carbons (Fsp3) is 0. The minimum absolute atomic E-state index is 0.284. The normalized spacial score (nSPS) is 10.3. The highest BCUT2D eigenvalue weighted by Crippen LogP contribution is 2.18. The van der Waals surface area contributed by atoms with Crippen LogP contribution in [0.4, 0.5) is 5.69 Å². The predicted molar refractivity (Wildman–Crippen MR) is 79.5 cm³/mol. The standard InChI is InChI=1S/C13H9BrN6O/c14-9-4-5-11(15-7-9)13(21)16-10-3-1-2-8(6-10)12-17-19-20-18-12/h1-7H,(H,16,21)(H,17,18,19,20). The molecule has 0 aliphatic carbocycles. The van der Waals surface area contributed by atoms with Crippen LogP contribution in [0, 0.1) is 0 Å². The van der Waals surface area contributed by atoms with Gasteiger partial charge in [0.05, 0.1) is 0 Å². The maximum atomic E-state index is 12.1. The van der Waals surface area contributed by atoms with Gasteiger partial charge >= 0.3 is 0 Å². The molecule has 0 saturated carbocycles. The summed E-state index contributed by atoms with van der Waals surface area (Å²) >= 11 is 3.28. The van der Waals surface area contributed by atoms with Gasteiger partial charge in [0, 0.05) is 21.9 Å². The van der Waals surface area contributed by atoms with Crippen LogP contribution in [-0.2, 0) is 0 Å². The van der Waals surface area contributed by atoms with Gasteiger partial charge in [-0.3, -0.25) is 4.79 Å². The molecule has 2 heterocycles. The van der Waals surface area contributed by atoms with E-state index in [4.69, 9.17) is 0 Å². The molecule has 2 N–H and O–H groups in total. The summed E-state index contributed by atoms with van der Waals surface area (Å²) in [6, 6.07) is 10.6. The van der Waals surface area contributed by atoms with Gasteiger partial charge in [-0.25, -0.2) is 4.98 Å². The third kappa shape index (κ3) is 3.11. The number of aromatic nitrogens is 5. The van der Waals surface area contributed by atoms with Gasteiger partial charge in [-0.05, 0) is 45.4 Å². The summed E-state index contributed by atoms with van der Waals surface area (Å²) in [5.74, 6) is 0.181. The van der Waals surface area contributed by atoms with Gasteiger partial charge in [0.2, 0.25) is 5.82 Å². The maximum absolute atomic E-state index is 12.1. The van der Waals surface area contributed by atoms with E-state index in [9.17, 15) is 4.79 Å². The van der Waals surface area contributed by atoms with E-state index in [0.717, 1.165) is 10.0 Å². The number of tetrazole rings is 1. The summed E-state index contributed by atoms with van der Waals surface area (Å²) in [5.41, 5.74) is 1.72. The fourth-order valence-corrected chi connectivity index (χ4v) is 1.96. The number of benzene rings is 1. The van der Waals surface area contributed by atoms with Crippen molar-refractivity contribution in [2.75, 3.05) is 5.32 Å². The third-order valence-corrected chi connectivity index (χ3v) is 3.15. The molecule has 0 aliphatic heterocycles. The van der Waals surface area contributed by atoms with Crippen LogP contribution in [0.1, 0.15) is 10.5 Å². The summed E-state index contributed by atoms with van der Waals surface area (Å²) < 4.78 is 0.818. The summed E-state index contributed by atoms with van der Waals surface area (Å²) in [5, 5.41) is 16.5. The lowest BCUT2D eigenvalue weighted by atomic mass is 10.2. The zero-order chi connectivity index (χ0) is 14.7. The lowest BCUT2D eigenvalue weighted by Gasteiger charge is -2.05. The van der Waals surface area contributed by atoms with Crippen molar-refractivity contribution >= 4 is 27.5 Å². The van der Waals surface area contributed by atoms with E-state index in [2.05, 4.69) is 46.9 Å². The molecule has 104 valence electrons. The van der Waals surface area contributed by atoms with Crippen molar-refractivity contribution in [3.05, 3.63) is 52.8 Å². The van der Waals surface area contributed by atoms with Crippen LogP contribution in [0.3, 0.4) is 0 Å². The number of rotatable bonds is 3. The molecule has 8 heteroatoms. The van der Waals surface area contributed by atoms with E-state index in [1.165, 1.54) is 0 Å². The first-order valence-electron chi connectivity index (χ1n) is 5.99. The first-order valence-corrected chi connectivity index (χ1v) is 6.78. The zero-order valence-corrected chi connectivity index (χ0v) is 12.2. The van der Waals surface area contributed by atoms with E-state index in [1.54, 1.807) is 36.5 Å². The molecule has 3 aromatic rings. The molecule has 0 radical (unpaired) electrons. The van der Waals surface area contributed by atoms with Gasteiger partial charge in [0.15, 0.2) is 0 Å². The van der Waals surface area contributed by atoms with Crippen LogP contribution in [0.25, 0.3) is 11.4 Å². The first-order chi connectivity index (χ1) is 10.2. The van der Waals surface area contributed by atoms with Crippen LogP contribution >= 0.6 is 15.9 Å². The molecule has 7 nitrogen and oxygen atoms in total. The molecule has 0 saturated heterocycles. The second-order valence-corrected chi connectivity index (χ2v) is 5.05. The Morgan fingerprint density at radius 3 is 2.86 bits per heavy atom. The SMILES string of the molecule is O=C(Nc1cccc(-c2nn[nH]n2)c1)c1ccc(Br)cn1. The van der Waals surface area contributed by atoms with Gasteiger partial charge in [-0.15, -0.1) is 10.2 Å². The zero-order valence-electron chi connectivity index (χ0n) is 10.6. The number of pyridine rings is 1. The molecular formula is C13H9BrN6O. The largest absolute Gasteiger partial charge is 0.321 e. The van der Waals surface area contributed by atoms with Gasteiger partial charge in [0.1, 0.15) is 5.69 Å². The van der Waals surface area contributed by atoms with Crippen molar-refractivity contribution in [2.24, 2.45) is 0 Å². The van der Waals surface area contributed by atoms with Crippen LogP contribution in [0.15, 0.2) is 47.1 Å². The number of aromatic amines is 1. The lowest BCUT2D eigenvalue weighted by molar-refractivity contribution is 0.102. The number of anilines is 1. The Hall–Kier alpha value is -2.61. The number of hydrogen-bond acceptors (Lipinski definition) is 5. The highest BCUT2D eigenvalue weighted by atomic mass is 79.9. The topological polar surface area (TPSA) is 96.5 Å². The number of H-pyrrole nitrogens is 1. The Morgan fingerprint density at radius 2 is 2.14 bits per heavy atom. The van der Waals surface area contributed by atoms with E-state index >= 15 is 0 Å². The Kier molecular flexibility index (Phi) is 3.69. The second kappa shape index (κ2) is 5.80. The molecule has 2 aromatic heterocycles. The lowest BCUT2D eigenvalue weighted by Crippen LogP contribution is -2.13. The maximum Gasteiger partial charge on any atom is 0.274 e. The summed E-state index contributed by atoms with van der Waals surface area (Å²) in [4.78, 5) is 16.1. The van der Waals surface area contributed by atoms with Crippen LogP contribution in [0.5, 0.6) is 0 Å². The van der Waals surface area contributed by atoms with Gasteiger partial charge in [0.25, 0.3) is 5.91 Å². The molecule has 1 aromatic carbocycles. The molecule has 0 bridgehead atoms. The van der Waals surface area contributed by atoms with Gasteiger partial charge in [-0.1, -0.05) is 12.1 Å². The fourth-order valence-electron chi connectivity index (χ4n) is 1.73. The Balaban J connectivity index is 1.80. The molecule has 0 spiro atoms. The van der Waals surface area contributed by atoms with Crippen molar-refractivity contribution in [1.29, 1.82) is 0 Å². The van der Waals surface area contributed by atoms with Crippen molar-refractivity contribution < 1.29 is 4.79 Å². The number of nitrogens with zero attached hydrogens (tertiary/aromatic N) is 4. The van der Waals surface area contributed by atoms with Gasteiger partial charge in [-0.2, -0.15) is 5.21 Å². The third-order valence-electron chi connectivity index (χ3n) is 2.68. The number of hydrogen-bond donors (Lipinski definition) is 2. The molecular weight excluding hydrogens is 336 g/mol. The molecule has 21 heavy (non-hydrogen) atoms. The molecule has 1 amide bonds. The average Bonchev–Trinajstić information content (AvgIpc) is 3.02. The van der Waals surface area contributed by atoms with Crippen molar-refractivity contribution in [3.63, 3.8) is 0 Å². The number of amides is 1. The van der Waals surface area contributed by atoms with Crippen molar-refractivity contribution in [2.45, 2.75) is 0 Å². The van der Waals surface area contributed by atoms with E-state index < -0.39 is 0 Å². The molecule has 3 rings (SSSR count). The summed E-state index contributed by atoms with van der Waals surface area (Å²) in [7, 11) is 0. The van der Waals surface area contributed by atoms with E-state index in [-0.39, 0.29) is 5.91 Å². The van der Waals surface area contributed by atoms with Gasteiger partial charge < -0.3 is 5.32 Å². The van der Waals surface area contributed by atoms with E-state index in [0.29, 0.717) is 17.2 Å². The molecule has 0 fully saturated rings. The summed E-state index contributed by atoms with van der Waals surface area (Å²) in [6.07, 6.45) is 1.57. The Morgan fingerprint density at radius 1 is 1.24 bits per heavy atom. The van der Waals surface area contributed by atoms with Crippen molar-refractivity contribution in [1.82, 2.24) is 25.6 Å². The van der Waals surface area contributed by atoms with E-state index in [1.807, 2.05) is 6.07 Å². The monoisotopic (exact) mass is 344 g/mol. The predicted octanol–water partition coefficient (Wildman–Crippen LogP) is 2.28. The second-order valence-electron chi connectivity index (χ2n) is 4.13. The summed E-state index contributed by atoms with van der Waals surface area (Å²) in [6.45, 7) is 0. The number of halogens is 1. The Labute approximate surface area is 127 Å². The van der Waals surface area contributed by atoms with Crippen LogP contribution in [0.2, 0.25) is 0 Å². The highest BCUT2D eigenvalue weighted by Gasteiger charge is 2.09. The quantitative estimate of drug-likeness (QED) is 0.759. The molecule has 0 unspecified atom stereocenters. The van der Waals surface area contributed by atoms with Crippen molar-refractivity contribution in [3.8, 4) is 11.4 Å². The number of nitrogens with one attached hydrogen (secondary N) is 2. The van der Waals surface area contributed by atoms with Crippen LogP contribution in [-0.4, -0.2) is 31.5 Å². The average molecular weight is 345 g/mol. The molecule has 0 aliphatic rings. The number of carbonyl (C=O) groups is 1. The Bertz CT molecular complexity index is 757. The minimum Gasteiger partial charge on any atom is -0.321 e. The highest BCUT2D eigenvalue weighted by molar-refractivity contribution is 9.10. The minimum atomic E-state index is -0.284.